The Kier molecular flexibility index (Phi) is 6.67. The Balaban J connectivity index is 1.30. The van der Waals surface area contributed by atoms with Crippen LogP contribution in [0.2, 0.25) is 0 Å². The fourth-order valence-electron chi connectivity index (χ4n) is 4.13. The Labute approximate surface area is 204 Å². The molecule has 9 heteroatoms. The van der Waals surface area contributed by atoms with E-state index >= 15 is 0 Å². The van der Waals surface area contributed by atoms with Crippen LogP contribution >= 0.6 is 0 Å². The minimum absolute atomic E-state index is 0.635. The first kappa shape index (κ1) is 22.5. The number of anilines is 2. The molecular weight excluding hydrogens is 440 g/mol. The van der Waals surface area contributed by atoms with Crippen molar-refractivity contribution in [2.24, 2.45) is 10.7 Å². The van der Waals surface area contributed by atoms with Gasteiger partial charge in [-0.25, -0.2) is 15.0 Å². The molecule has 1 aliphatic heterocycles. The molecule has 5 rings (SSSR count). The number of nitrogens with one attached hydrogen (secondary N) is 1. The van der Waals surface area contributed by atoms with E-state index in [0.29, 0.717) is 6.54 Å². The molecule has 0 amide bonds. The van der Waals surface area contributed by atoms with E-state index in [1.807, 2.05) is 30.6 Å². The molecule has 3 N–H and O–H groups in total. The van der Waals surface area contributed by atoms with E-state index in [9.17, 15) is 0 Å². The maximum absolute atomic E-state index is 5.70. The number of nitrogens with two attached hydrogens (primary N) is 1. The van der Waals surface area contributed by atoms with Crippen LogP contribution in [0.4, 0.5) is 11.5 Å². The second-order valence-corrected chi connectivity index (χ2v) is 8.20. The lowest BCUT2D eigenvalue weighted by Gasteiger charge is -2.28. The van der Waals surface area contributed by atoms with Crippen LogP contribution < -0.4 is 16.0 Å². The lowest BCUT2D eigenvalue weighted by molar-refractivity contribution is 0.122. The molecule has 4 heterocycles. The number of rotatable bonds is 7. The molecule has 9 nitrogen and oxygen atoms in total. The quantitative estimate of drug-likeness (QED) is 0.401. The predicted octanol–water partition coefficient (Wildman–Crippen LogP) is 3.24. The van der Waals surface area contributed by atoms with Crippen molar-refractivity contribution in [1.82, 2.24) is 19.4 Å². The lowest BCUT2D eigenvalue weighted by Crippen LogP contribution is -2.36. The van der Waals surface area contributed by atoms with E-state index < -0.39 is 0 Å². The third-order valence-corrected chi connectivity index (χ3v) is 6.01. The highest BCUT2D eigenvalue weighted by Crippen LogP contribution is 2.24. The SMILES string of the molecule is CN=CC(=CN)c1ccc(CNc2cc(-c3cnc4cc(N5CCOCC5)ccn34)ncn2)cc1. The van der Waals surface area contributed by atoms with Crippen LogP contribution in [0.5, 0.6) is 0 Å². The van der Waals surface area contributed by atoms with Gasteiger partial charge in [-0.1, -0.05) is 24.3 Å². The number of aromatic nitrogens is 4. The van der Waals surface area contributed by atoms with Crippen LogP contribution in [0.1, 0.15) is 11.1 Å². The number of morpholine rings is 1. The standard InChI is InChI=1S/C26H28N8O/c1-28-16-21(14-27)20-4-2-19(3-5-20)15-29-25-13-23(31-18-32-25)24-17-30-26-12-22(6-7-34(24)26)33-8-10-35-11-9-33/h2-7,12-14,16-18H,8-11,15,27H2,1H3,(H,29,31,32). The van der Waals surface area contributed by atoms with Crippen molar-refractivity contribution < 1.29 is 4.74 Å². The van der Waals surface area contributed by atoms with Crippen LogP contribution in [0, 0.1) is 0 Å². The average molecular weight is 469 g/mol. The van der Waals surface area contributed by atoms with E-state index in [1.165, 1.54) is 0 Å². The maximum atomic E-state index is 5.70. The fraction of sp³-hybridized carbons (Fsp3) is 0.231. The highest BCUT2D eigenvalue weighted by molar-refractivity contribution is 6.09. The largest absolute Gasteiger partial charge is 0.404 e. The first-order valence-corrected chi connectivity index (χ1v) is 11.5. The Hall–Kier alpha value is -4.24. The zero-order valence-corrected chi connectivity index (χ0v) is 19.6. The number of imidazole rings is 1. The van der Waals surface area contributed by atoms with Gasteiger partial charge in [-0.3, -0.25) is 9.39 Å². The van der Waals surface area contributed by atoms with Crippen molar-refractivity contribution in [3.63, 3.8) is 0 Å². The van der Waals surface area contributed by atoms with Gasteiger partial charge < -0.3 is 20.7 Å². The van der Waals surface area contributed by atoms with Crippen molar-refractivity contribution in [3.05, 3.63) is 78.5 Å². The number of benzene rings is 1. The zero-order chi connectivity index (χ0) is 24.0. The van der Waals surface area contributed by atoms with Crippen LogP contribution in [0.15, 0.2) is 72.4 Å². The Morgan fingerprint density at radius 3 is 2.71 bits per heavy atom. The van der Waals surface area contributed by atoms with Gasteiger partial charge in [0, 0.05) is 68.7 Å². The third kappa shape index (κ3) is 4.99. The van der Waals surface area contributed by atoms with Crippen LogP contribution in [-0.2, 0) is 11.3 Å². The summed E-state index contributed by atoms with van der Waals surface area (Å²) >= 11 is 0. The second kappa shape index (κ2) is 10.4. The molecule has 4 aromatic rings. The molecule has 1 aliphatic rings. The number of hydrogen-bond acceptors (Lipinski definition) is 8. The summed E-state index contributed by atoms with van der Waals surface area (Å²) in [5, 5.41) is 3.39. The zero-order valence-electron chi connectivity index (χ0n) is 19.6. The minimum Gasteiger partial charge on any atom is -0.404 e. The van der Waals surface area contributed by atoms with Crippen LogP contribution in [0.25, 0.3) is 22.6 Å². The molecule has 0 saturated carbocycles. The number of aliphatic imine (C=N–C) groups is 1. The minimum atomic E-state index is 0.635. The summed E-state index contributed by atoms with van der Waals surface area (Å²) in [7, 11) is 1.73. The van der Waals surface area contributed by atoms with Crippen molar-refractivity contribution in [2.45, 2.75) is 6.54 Å². The molecule has 0 aliphatic carbocycles. The van der Waals surface area contributed by atoms with E-state index in [1.54, 1.807) is 25.8 Å². The smallest absolute Gasteiger partial charge is 0.139 e. The van der Waals surface area contributed by atoms with E-state index in [0.717, 1.165) is 71.5 Å². The van der Waals surface area contributed by atoms with Gasteiger partial charge in [0.2, 0.25) is 0 Å². The number of nitrogens with zero attached hydrogens (tertiary/aromatic N) is 6. The van der Waals surface area contributed by atoms with Crippen LogP contribution in [0.3, 0.4) is 0 Å². The van der Waals surface area contributed by atoms with E-state index in [-0.39, 0.29) is 0 Å². The number of ether oxygens (including phenoxy) is 1. The van der Waals surface area contributed by atoms with Crippen molar-refractivity contribution in [1.29, 1.82) is 0 Å². The molecule has 1 saturated heterocycles. The van der Waals surface area contributed by atoms with Gasteiger partial charge in [0.05, 0.1) is 30.8 Å². The number of fused-ring (bicyclic) bond motifs is 1. The molecule has 35 heavy (non-hydrogen) atoms. The summed E-state index contributed by atoms with van der Waals surface area (Å²) in [5.41, 5.74) is 12.5. The molecule has 0 spiro atoms. The summed E-state index contributed by atoms with van der Waals surface area (Å²) < 4.78 is 7.52. The fourth-order valence-corrected chi connectivity index (χ4v) is 4.13. The van der Waals surface area contributed by atoms with Gasteiger partial charge in [0.1, 0.15) is 17.8 Å². The topological polar surface area (TPSA) is 106 Å². The molecule has 0 unspecified atom stereocenters. The molecular formula is C26H28N8O. The molecule has 0 bridgehead atoms. The van der Waals surface area contributed by atoms with Gasteiger partial charge >= 0.3 is 0 Å². The number of hydrogen-bond donors (Lipinski definition) is 2. The van der Waals surface area contributed by atoms with Crippen molar-refractivity contribution in [3.8, 4) is 11.4 Å². The number of allylic oxidation sites excluding steroid dienone is 1. The molecule has 1 fully saturated rings. The highest BCUT2D eigenvalue weighted by atomic mass is 16.5. The van der Waals surface area contributed by atoms with Gasteiger partial charge in [-0.15, -0.1) is 0 Å². The molecule has 1 aromatic carbocycles. The van der Waals surface area contributed by atoms with Gasteiger partial charge in [-0.05, 0) is 17.2 Å². The summed E-state index contributed by atoms with van der Waals surface area (Å²) in [4.78, 5) is 19.9. The van der Waals surface area contributed by atoms with Crippen molar-refractivity contribution >= 4 is 28.9 Å². The molecule has 0 atom stereocenters. The lowest BCUT2D eigenvalue weighted by atomic mass is 10.1. The van der Waals surface area contributed by atoms with Crippen molar-refractivity contribution in [2.75, 3.05) is 43.6 Å². The van der Waals surface area contributed by atoms with Gasteiger partial charge in [-0.2, -0.15) is 0 Å². The van der Waals surface area contributed by atoms with Gasteiger partial charge in [0.15, 0.2) is 0 Å². The monoisotopic (exact) mass is 468 g/mol. The molecule has 178 valence electrons. The molecule has 0 radical (unpaired) electrons. The third-order valence-electron chi connectivity index (χ3n) is 6.01. The van der Waals surface area contributed by atoms with E-state index in [2.05, 4.69) is 58.8 Å². The summed E-state index contributed by atoms with van der Waals surface area (Å²) in [6.07, 6.45) is 8.79. The second-order valence-electron chi connectivity index (χ2n) is 8.20. The molecule has 3 aromatic heterocycles. The predicted molar refractivity (Wildman–Crippen MR) is 140 cm³/mol. The Bertz CT molecular complexity index is 1350. The summed E-state index contributed by atoms with van der Waals surface area (Å²) in [6.45, 7) is 3.93. The maximum Gasteiger partial charge on any atom is 0.139 e. The first-order valence-electron chi connectivity index (χ1n) is 11.5. The normalized spacial score (nSPS) is 14.7. The Morgan fingerprint density at radius 1 is 1.11 bits per heavy atom. The number of pyridine rings is 1. The average Bonchev–Trinajstić information content (AvgIpc) is 3.35. The van der Waals surface area contributed by atoms with Gasteiger partial charge in [0.25, 0.3) is 0 Å². The first-order chi connectivity index (χ1) is 17.2. The Morgan fingerprint density at radius 2 is 1.94 bits per heavy atom. The summed E-state index contributed by atoms with van der Waals surface area (Å²) in [6, 6.07) is 14.4. The summed E-state index contributed by atoms with van der Waals surface area (Å²) in [5.74, 6) is 0.750. The van der Waals surface area contributed by atoms with E-state index in [4.69, 9.17) is 10.5 Å². The highest BCUT2D eigenvalue weighted by Gasteiger charge is 2.14. The van der Waals surface area contributed by atoms with Crippen LogP contribution in [-0.4, -0.2) is 58.9 Å².